The molecule has 2 heterocycles. The number of nitrogens with one attached hydrogen (secondary N) is 1. The summed E-state index contributed by atoms with van der Waals surface area (Å²) < 4.78 is 0. The predicted octanol–water partition coefficient (Wildman–Crippen LogP) is 2.53. The van der Waals surface area contributed by atoms with Gasteiger partial charge in [-0.1, -0.05) is 6.92 Å². The van der Waals surface area contributed by atoms with Gasteiger partial charge in [-0.25, -0.2) is 14.6 Å². The van der Waals surface area contributed by atoms with Gasteiger partial charge in [0.2, 0.25) is 0 Å². The number of aryl methyl sites for hydroxylation is 3. The van der Waals surface area contributed by atoms with Crippen LogP contribution in [0.3, 0.4) is 0 Å². The lowest BCUT2D eigenvalue weighted by Crippen LogP contribution is -1.93. The molecule has 0 unspecified atom stereocenters. The van der Waals surface area contributed by atoms with Gasteiger partial charge in [0.05, 0.1) is 6.33 Å². The number of nitrogens with zero attached hydrogens (tertiary/aromatic N) is 1. The van der Waals surface area contributed by atoms with E-state index in [1.165, 1.54) is 16.8 Å². The van der Waals surface area contributed by atoms with Crippen LogP contribution < -0.4 is 0 Å². The number of carboxylic acid groups (broad SMARTS) is 2. The number of aromatic nitrogens is 2. The first kappa shape index (κ1) is 17.6. The number of aliphatic carboxylic acids is 2. The van der Waals surface area contributed by atoms with Crippen LogP contribution in [0.2, 0.25) is 0 Å². The van der Waals surface area contributed by atoms with E-state index in [0.717, 1.165) is 19.3 Å². The van der Waals surface area contributed by atoms with E-state index in [2.05, 4.69) is 27.7 Å². The Morgan fingerprint density at radius 1 is 1.18 bits per heavy atom. The average molecular weight is 322 g/mol. The maximum atomic E-state index is 9.55. The third-order valence-corrected chi connectivity index (χ3v) is 3.64. The first-order valence-corrected chi connectivity index (χ1v) is 7.62. The minimum absolute atomic E-state index is 0.558. The third-order valence-electron chi connectivity index (χ3n) is 2.80. The molecule has 2 aromatic heterocycles. The highest BCUT2D eigenvalue weighted by Gasteiger charge is 2.02. The van der Waals surface area contributed by atoms with Gasteiger partial charge in [-0.05, 0) is 41.1 Å². The zero-order valence-electron chi connectivity index (χ0n) is 12.2. The molecule has 7 heteroatoms. The number of aromatic amines is 1. The number of carbonyl (C=O) groups is 2. The summed E-state index contributed by atoms with van der Waals surface area (Å²) >= 11 is 1.80. The largest absolute Gasteiger partial charge is 0.478 e. The van der Waals surface area contributed by atoms with Crippen LogP contribution in [0.15, 0.2) is 35.4 Å². The summed E-state index contributed by atoms with van der Waals surface area (Å²) in [7, 11) is 0. The fourth-order valence-electron chi connectivity index (χ4n) is 1.71. The summed E-state index contributed by atoms with van der Waals surface area (Å²) in [4.78, 5) is 26.2. The van der Waals surface area contributed by atoms with Gasteiger partial charge in [0, 0.05) is 24.0 Å². The van der Waals surface area contributed by atoms with Crippen molar-refractivity contribution in [1.29, 1.82) is 0 Å². The Hall–Kier alpha value is -2.41. The number of rotatable bonds is 6. The summed E-state index contributed by atoms with van der Waals surface area (Å²) in [6.07, 6.45) is 8.08. The van der Waals surface area contributed by atoms with Gasteiger partial charge in [0.15, 0.2) is 0 Å². The molecule has 0 amide bonds. The van der Waals surface area contributed by atoms with Crippen LogP contribution in [0.25, 0.3) is 0 Å². The summed E-state index contributed by atoms with van der Waals surface area (Å²) in [5.41, 5.74) is 4.21. The van der Waals surface area contributed by atoms with Gasteiger partial charge < -0.3 is 15.2 Å². The molecule has 2 rings (SSSR count). The van der Waals surface area contributed by atoms with Crippen molar-refractivity contribution < 1.29 is 19.8 Å². The zero-order chi connectivity index (χ0) is 16.4. The monoisotopic (exact) mass is 322 g/mol. The molecule has 0 fully saturated rings. The first-order chi connectivity index (χ1) is 10.5. The Balaban J connectivity index is 0.000000261. The lowest BCUT2D eigenvalue weighted by molar-refractivity contribution is -0.134. The Labute approximate surface area is 132 Å². The van der Waals surface area contributed by atoms with Crippen LogP contribution in [0, 0.1) is 0 Å². The van der Waals surface area contributed by atoms with Crippen molar-refractivity contribution in [1.82, 2.24) is 9.97 Å². The van der Waals surface area contributed by atoms with Gasteiger partial charge in [-0.15, -0.1) is 0 Å². The van der Waals surface area contributed by atoms with Gasteiger partial charge >= 0.3 is 11.9 Å². The minimum Gasteiger partial charge on any atom is -0.478 e. The molecular weight excluding hydrogens is 304 g/mol. The van der Waals surface area contributed by atoms with Gasteiger partial charge in [-0.3, -0.25) is 0 Å². The predicted molar refractivity (Wildman–Crippen MR) is 84.1 cm³/mol. The molecule has 0 aliphatic heterocycles. The smallest absolute Gasteiger partial charge is 0.328 e. The molecule has 0 aromatic carbocycles. The Kier molecular flexibility index (Phi) is 7.63. The fourth-order valence-corrected chi connectivity index (χ4v) is 2.70. The van der Waals surface area contributed by atoms with Gasteiger partial charge in [-0.2, -0.15) is 11.3 Å². The molecule has 118 valence electrons. The highest BCUT2D eigenvalue weighted by Crippen LogP contribution is 2.17. The molecule has 0 atom stereocenters. The lowest BCUT2D eigenvalue weighted by Gasteiger charge is -1.99. The summed E-state index contributed by atoms with van der Waals surface area (Å²) in [6, 6.07) is 0. The summed E-state index contributed by atoms with van der Waals surface area (Å²) in [5, 5.41) is 20.1. The van der Waals surface area contributed by atoms with Crippen molar-refractivity contribution in [3.63, 3.8) is 0 Å². The van der Waals surface area contributed by atoms with E-state index in [9.17, 15) is 9.59 Å². The topological polar surface area (TPSA) is 103 Å². The standard InChI is InChI=1S/C11H14N2S.C4H4O4/c1-2-9-6-14-7-10(9)3-4-11-5-12-8-13-11;5-3(6)1-2-4(7)8/h5-8H,2-4H2,1H3,(H,12,13);1-2H,(H,5,6)(H,7,8)/b;2-1+. The number of hydrogen-bond acceptors (Lipinski definition) is 4. The molecule has 22 heavy (non-hydrogen) atoms. The van der Waals surface area contributed by atoms with Gasteiger partial charge in [0.1, 0.15) is 0 Å². The Bertz CT molecular complexity index is 601. The second-order valence-electron chi connectivity index (χ2n) is 4.36. The van der Waals surface area contributed by atoms with Crippen LogP contribution in [0.5, 0.6) is 0 Å². The van der Waals surface area contributed by atoms with E-state index < -0.39 is 11.9 Å². The number of thiophene rings is 1. The van der Waals surface area contributed by atoms with E-state index in [4.69, 9.17) is 10.2 Å². The maximum absolute atomic E-state index is 9.55. The molecule has 0 saturated carbocycles. The quantitative estimate of drug-likeness (QED) is 0.709. The highest BCUT2D eigenvalue weighted by atomic mass is 32.1. The van der Waals surface area contributed by atoms with Crippen molar-refractivity contribution in [3.8, 4) is 0 Å². The molecule has 0 saturated heterocycles. The molecule has 0 bridgehead atoms. The number of H-pyrrole nitrogens is 1. The summed E-state index contributed by atoms with van der Waals surface area (Å²) in [6.45, 7) is 2.21. The minimum atomic E-state index is -1.26. The SMILES string of the molecule is CCc1cscc1CCc1cnc[nH]1.O=C(O)/C=C/C(=O)O. The van der Waals surface area contributed by atoms with Crippen LogP contribution in [-0.4, -0.2) is 32.1 Å². The molecule has 0 aliphatic rings. The molecule has 0 aliphatic carbocycles. The van der Waals surface area contributed by atoms with Gasteiger partial charge in [0.25, 0.3) is 0 Å². The Morgan fingerprint density at radius 3 is 2.32 bits per heavy atom. The van der Waals surface area contributed by atoms with E-state index in [1.807, 2.05) is 6.20 Å². The van der Waals surface area contributed by atoms with E-state index in [0.29, 0.717) is 12.2 Å². The van der Waals surface area contributed by atoms with Crippen LogP contribution in [0.4, 0.5) is 0 Å². The third kappa shape index (κ3) is 6.85. The normalized spacial score (nSPS) is 10.2. The molecule has 3 N–H and O–H groups in total. The zero-order valence-corrected chi connectivity index (χ0v) is 13.0. The van der Waals surface area contributed by atoms with Crippen molar-refractivity contribution in [2.24, 2.45) is 0 Å². The molecule has 0 radical (unpaired) electrons. The second-order valence-corrected chi connectivity index (χ2v) is 5.11. The number of imidazole rings is 1. The Morgan fingerprint density at radius 2 is 1.82 bits per heavy atom. The van der Waals surface area contributed by atoms with E-state index in [1.54, 1.807) is 17.7 Å². The molecule has 6 nitrogen and oxygen atoms in total. The van der Waals surface area contributed by atoms with Crippen molar-refractivity contribution in [2.75, 3.05) is 0 Å². The molecular formula is C15H18N2O4S. The van der Waals surface area contributed by atoms with Crippen molar-refractivity contribution >= 4 is 23.3 Å². The van der Waals surface area contributed by atoms with Crippen LogP contribution >= 0.6 is 11.3 Å². The summed E-state index contributed by atoms with van der Waals surface area (Å²) in [5.74, 6) is -2.51. The number of carboxylic acids is 2. The highest BCUT2D eigenvalue weighted by molar-refractivity contribution is 7.08. The number of hydrogen-bond donors (Lipinski definition) is 3. The van der Waals surface area contributed by atoms with Crippen LogP contribution in [-0.2, 0) is 28.9 Å². The van der Waals surface area contributed by atoms with Crippen molar-refractivity contribution in [3.05, 3.63) is 52.3 Å². The second kappa shape index (κ2) is 9.51. The lowest BCUT2D eigenvalue weighted by atomic mass is 10.1. The molecule has 2 aromatic rings. The molecule has 0 spiro atoms. The maximum Gasteiger partial charge on any atom is 0.328 e. The first-order valence-electron chi connectivity index (χ1n) is 6.68. The van der Waals surface area contributed by atoms with E-state index >= 15 is 0 Å². The fraction of sp³-hybridized carbons (Fsp3) is 0.267. The van der Waals surface area contributed by atoms with Crippen molar-refractivity contribution in [2.45, 2.75) is 26.2 Å². The average Bonchev–Trinajstić information content (AvgIpc) is 3.14. The van der Waals surface area contributed by atoms with E-state index in [-0.39, 0.29) is 0 Å². The van der Waals surface area contributed by atoms with Crippen LogP contribution in [0.1, 0.15) is 23.7 Å².